The molecule has 2 unspecified atom stereocenters. The zero-order valence-electron chi connectivity index (χ0n) is 20.0. The molecule has 4 nitrogen and oxygen atoms in total. The number of carbonyl (C=O) groups excluding carboxylic acids is 2. The minimum absolute atomic E-state index is 0.0307. The zero-order chi connectivity index (χ0) is 22.4. The van der Waals surface area contributed by atoms with E-state index in [4.69, 9.17) is 9.47 Å². The van der Waals surface area contributed by atoms with E-state index in [1.165, 1.54) is 11.1 Å². The maximum atomic E-state index is 12.8. The first-order valence-electron chi connectivity index (χ1n) is 11.1. The molecule has 1 aliphatic carbocycles. The van der Waals surface area contributed by atoms with Crippen molar-refractivity contribution < 1.29 is 19.1 Å². The average Bonchev–Trinajstić information content (AvgIpc) is 2.59. The molecule has 0 aromatic heterocycles. The molecule has 0 aromatic carbocycles. The molecule has 0 saturated carbocycles. The van der Waals surface area contributed by atoms with Crippen molar-refractivity contribution in [3.8, 4) is 0 Å². The molecule has 0 heterocycles. The fourth-order valence-electron chi connectivity index (χ4n) is 3.65. The molecule has 166 valence electrons. The highest BCUT2D eigenvalue weighted by Gasteiger charge is 2.41. The topological polar surface area (TPSA) is 52.6 Å². The van der Waals surface area contributed by atoms with Crippen molar-refractivity contribution in [3.05, 3.63) is 23.3 Å². The summed E-state index contributed by atoms with van der Waals surface area (Å²) in [4.78, 5) is 25.4. The van der Waals surface area contributed by atoms with Gasteiger partial charge in [-0.15, -0.1) is 0 Å². The molecule has 0 aliphatic heterocycles. The van der Waals surface area contributed by atoms with Gasteiger partial charge in [0, 0.05) is 0 Å². The first-order valence-corrected chi connectivity index (χ1v) is 11.1. The van der Waals surface area contributed by atoms with Crippen molar-refractivity contribution in [3.63, 3.8) is 0 Å². The van der Waals surface area contributed by atoms with E-state index >= 15 is 0 Å². The van der Waals surface area contributed by atoms with Crippen LogP contribution in [0.25, 0.3) is 0 Å². The minimum Gasteiger partial charge on any atom is -0.463 e. The van der Waals surface area contributed by atoms with Gasteiger partial charge in [0.15, 0.2) is 0 Å². The predicted octanol–water partition coefficient (Wildman–Crippen LogP) is 6.25. The van der Waals surface area contributed by atoms with Crippen LogP contribution in [0.1, 0.15) is 88.0 Å². The fraction of sp³-hybridized carbons (Fsp3) is 0.760. The summed E-state index contributed by atoms with van der Waals surface area (Å²) in [7, 11) is 0. The lowest BCUT2D eigenvalue weighted by molar-refractivity contribution is -0.165. The minimum atomic E-state index is -0.476. The average molecular weight is 407 g/mol. The Morgan fingerprint density at radius 2 is 1.55 bits per heavy atom. The van der Waals surface area contributed by atoms with Crippen molar-refractivity contribution in [2.24, 2.45) is 23.2 Å². The lowest BCUT2D eigenvalue weighted by atomic mass is 9.69. The summed E-state index contributed by atoms with van der Waals surface area (Å²) in [5.74, 6) is -0.964. The second-order valence-electron chi connectivity index (χ2n) is 9.88. The number of ether oxygens (including phenoxy) is 2. The number of carbonyl (C=O) groups is 2. The van der Waals surface area contributed by atoms with Crippen LogP contribution in [0.3, 0.4) is 0 Å². The van der Waals surface area contributed by atoms with Gasteiger partial charge in [-0.2, -0.15) is 0 Å². The van der Waals surface area contributed by atoms with E-state index in [1.54, 1.807) is 0 Å². The van der Waals surface area contributed by atoms with E-state index in [-0.39, 0.29) is 29.6 Å². The van der Waals surface area contributed by atoms with E-state index in [1.807, 2.05) is 27.7 Å². The molecular weight excluding hydrogens is 364 g/mol. The molecular formula is C25H42O4. The smallest absolute Gasteiger partial charge is 0.310 e. The van der Waals surface area contributed by atoms with Gasteiger partial charge < -0.3 is 9.47 Å². The Labute approximate surface area is 178 Å². The standard InChI is InChI=1S/C25H42O4/c1-16(2)19(7)11-10-14-25(8,9)20-12-13-21(23(26)28-17(3)4)22(15-20)24(27)29-18(5)6/h11-12,16-18,21-22H,10,13-15H2,1-9H3/b19-11+. The van der Waals surface area contributed by atoms with Crippen LogP contribution in [0.2, 0.25) is 0 Å². The molecule has 0 saturated heterocycles. The highest BCUT2D eigenvalue weighted by Crippen LogP contribution is 2.42. The van der Waals surface area contributed by atoms with Crippen LogP contribution in [0, 0.1) is 23.2 Å². The number of esters is 2. The Bertz CT molecular complexity index is 623. The predicted molar refractivity (Wildman–Crippen MR) is 118 cm³/mol. The van der Waals surface area contributed by atoms with Crippen LogP contribution in [-0.4, -0.2) is 24.1 Å². The maximum absolute atomic E-state index is 12.8. The van der Waals surface area contributed by atoms with Crippen LogP contribution in [-0.2, 0) is 19.1 Å². The van der Waals surface area contributed by atoms with Crippen LogP contribution in [0.4, 0.5) is 0 Å². The molecule has 1 rings (SSSR count). The van der Waals surface area contributed by atoms with Crippen LogP contribution >= 0.6 is 0 Å². The third kappa shape index (κ3) is 7.98. The Morgan fingerprint density at radius 1 is 1.03 bits per heavy atom. The van der Waals surface area contributed by atoms with Crippen LogP contribution in [0.5, 0.6) is 0 Å². The molecule has 29 heavy (non-hydrogen) atoms. The second kappa shape index (κ2) is 11.0. The van der Waals surface area contributed by atoms with E-state index in [9.17, 15) is 9.59 Å². The summed E-state index contributed by atoms with van der Waals surface area (Å²) >= 11 is 0. The Kier molecular flexibility index (Phi) is 9.64. The summed E-state index contributed by atoms with van der Waals surface area (Å²) in [6, 6.07) is 0. The van der Waals surface area contributed by atoms with Gasteiger partial charge in [-0.3, -0.25) is 9.59 Å². The highest BCUT2D eigenvalue weighted by atomic mass is 16.6. The molecule has 2 atom stereocenters. The summed E-state index contributed by atoms with van der Waals surface area (Å²) in [6.45, 7) is 18.4. The molecule has 0 radical (unpaired) electrons. The Morgan fingerprint density at radius 3 is 2.03 bits per heavy atom. The highest BCUT2D eigenvalue weighted by molar-refractivity contribution is 5.83. The van der Waals surface area contributed by atoms with Gasteiger partial charge in [0.25, 0.3) is 0 Å². The first kappa shape index (κ1) is 25.5. The van der Waals surface area contributed by atoms with Crippen molar-refractivity contribution in [2.45, 2.75) is 100 Å². The van der Waals surface area contributed by atoms with Gasteiger partial charge in [-0.05, 0) is 71.6 Å². The Balaban J connectivity index is 2.99. The first-order chi connectivity index (χ1) is 13.3. The van der Waals surface area contributed by atoms with E-state index in [2.05, 4.69) is 46.8 Å². The zero-order valence-corrected chi connectivity index (χ0v) is 20.0. The van der Waals surface area contributed by atoms with Gasteiger partial charge in [-0.1, -0.05) is 51.0 Å². The van der Waals surface area contributed by atoms with Gasteiger partial charge in [0.05, 0.1) is 24.0 Å². The van der Waals surface area contributed by atoms with Crippen LogP contribution < -0.4 is 0 Å². The van der Waals surface area contributed by atoms with Crippen LogP contribution in [0.15, 0.2) is 23.3 Å². The van der Waals surface area contributed by atoms with Crippen molar-refractivity contribution in [1.29, 1.82) is 0 Å². The third-order valence-electron chi connectivity index (χ3n) is 5.87. The van der Waals surface area contributed by atoms with Crippen molar-refractivity contribution in [2.75, 3.05) is 0 Å². The van der Waals surface area contributed by atoms with Gasteiger partial charge in [0.2, 0.25) is 0 Å². The molecule has 0 amide bonds. The molecule has 0 spiro atoms. The SMILES string of the molecule is C/C(=C\CCC(C)(C)C1=CCC(C(=O)OC(C)C)C(C(=O)OC(C)C)C1)C(C)C. The molecule has 1 aliphatic rings. The molecule has 0 bridgehead atoms. The molecule has 0 aromatic rings. The van der Waals surface area contributed by atoms with E-state index < -0.39 is 11.8 Å². The third-order valence-corrected chi connectivity index (χ3v) is 5.87. The number of hydrogen-bond donors (Lipinski definition) is 0. The lowest BCUT2D eigenvalue weighted by Gasteiger charge is -2.36. The van der Waals surface area contributed by atoms with Crippen molar-refractivity contribution in [1.82, 2.24) is 0 Å². The fourth-order valence-corrected chi connectivity index (χ4v) is 3.65. The number of allylic oxidation sites excluding steroid dienone is 4. The monoisotopic (exact) mass is 406 g/mol. The quantitative estimate of drug-likeness (QED) is 0.335. The van der Waals surface area contributed by atoms with Gasteiger partial charge >= 0.3 is 11.9 Å². The number of hydrogen-bond acceptors (Lipinski definition) is 4. The van der Waals surface area contributed by atoms with E-state index in [0.29, 0.717) is 18.8 Å². The number of rotatable bonds is 9. The lowest BCUT2D eigenvalue weighted by Crippen LogP contribution is -2.38. The second-order valence-corrected chi connectivity index (χ2v) is 9.88. The largest absolute Gasteiger partial charge is 0.463 e. The maximum Gasteiger partial charge on any atom is 0.310 e. The molecule has 4 heteroatoms. The van der Waals surface area contributed by atoms with Crippen molar-refractivity contribution >= 4 is 11.9 Å². The summed E-state index contributed by atoms with van der Waals surface area (Å²) in [5.41, 5.74) is 2.62. The van der Waals surface area contributed by atoms with Gasteiger partial charge in [0.1, 0.15) is 0 Å². The van der Waals surface area contributed by atoms with Gasteiger partial charge in [-0.25, -0.2) is 0 Å². The Hall–Kier alpha value is -1.58. The normalized spacial score (nSPS) is 20.8. The summed E-state index contributed by atoms with van der Waals surface area (Å²) in [5, 5.41) is 0. The molecule has 0 fully saturated rings. The molecule has 0 N–H and O–H groups in total. The van der Waals surface area contributed by atoms with E-state index in [0.717, 1.165) is 12.8 Å². The summed E-state index contributed by atoms with van der Waals surface area (Å²) in [6.07, 6.45) is 7.20. The summed E-state index contributed by atoms with van der Waals surface area (Å²) < 4.78 is 10.9.